The lowest BCUT2D eigenvalue weighted by atomic mass is 10.1. The van der Waals surface area contributed by atoms with E-state index in [1.165, 1.54) is 0 Å². The number of rotatable bonds is 5. The van der Waals surface area contributed by atoms with Gasteiger partial charge in [0.05, 0.1) is 26.2 Å². The van der Waals surface area contributed by atoms with Crippen LogP contribution in [0, 0.1) is 6.92 Å². The number of methoxy groups -OCH3 is 2. The zero-order valence-corrected chi connectivity index (χ0v) is 14.4. The number of hydrogen-bond acceptors (Lipinski definition) is 6. The fourth-order valence-corrected chi connectivity index (χ4v) is 2.40. The highest BCUT2D eigenvalue weighted by Gasteiger charge is 2.30. The maximum atomic E-state index is 5.50. The largest absolute Gasteiger partial charge is 0.493 e. The van der Waals surface area contributed by atoms with Crippen molar-refractivity contribution in [3.8, 4) is 22.9 Å². The first-order chi connectivity index (χ1) is 11.5. The normalized spacial score (nSPS) is 11.5. The van der Waals surface area contributed by atoms with Gasteiger partial charge in [-0.1, -0.05) is 5.16 Å². The molecule has 3 rings (SSSR count). The number of aromatic nitrogens is 4. The Kier molecular flexibility index (Phi) is 4.01. The van der Waals surface area contributed by atoms with Gasteiger partial charge in [-0.3, -0.25) is 0 Å². The van der Waals surface area contributed by atoms with E-state index < -0.39 is 5.54 Å². The SMILES string of the molecule is COc1ccc(-c2noc(C(C)(C)n3cnc(C)c3)n2)cc1OC. The number of hydrogen-bond donors (Lipinski definition) is 0. The van der Waals surface area contributed by atoms with Gasteiger partial charge >= 0.3 is 0 Å². The van der Waals surface area contributed by atoms with Gasteiger partial charge in [-0.2, -0.15) is 4.98 Å². The smallest absolute Gasteiger partial charge is 0.252 e. The highest BCUT2D eigenvalue weighted by atomic mass is 16.5. The Labute approximate surface area is 140 Å². The summed E-state index contributed by atoms with van der Waals surface area (Å²) in [4.78, 5) is 8.80. The van der Waals surface area contributed by atoms with Crippen LogP contribution in [0.5, 0.6) is 11.5 Å². The molecule has 7 nitrogen and oxygen atoms in total. The van der Waals surface area contributed by atoms with E-state index in [0.29, 0.717) is 23.2 Å². The predicted molar refractivity (Wildman–Crippen MR) is 88.2 cm³/mol. The molecule has 3 aromatic rings. The topological polar surface area (TPSA) is 75.2 Å². The summed E-state index contributed by atoms with van der Waals surface area (Å²) in [7, 11) is 3.19. The molecule has 0 unspecified atom stereocenters. The Morgan fingerprint density at radius 2 is 1.88 bits per heavy atom. The Bertz CT molecular complexity index is 851. The van der Waals surface area contributed by atoms with Crippen molar-refractivity contribution in [2.75, 3.05) is 14.2 Å². The lowest BCUT2D eigenvalue weighted by Crippen LogP contribution is -2.26. The minimum atomic E-state index is -0.497. The van der Waals surface area contributed by atoms with Crippen molar-refractivity contribution in [3.05, 3.63) is 42.3 Å². The van der Waals surface area contributed by atoms with E-state index in [9.17, 15) is 0 Å². The minimum absolute atomic E-state index is 0.496. The van der Waals surface area contributed by atoms with E-state index in [2.05, 4.69) is 15.1 Å². The van der Waals surface area contributed by atoms with Crippen LogP contribution in [0.3, 0.4) is 0 Å². The highest BCUT2D eigenvalue weighted by Crippen LogP contribution is 2.32. The van der Waals surface area contributed by atoms with E-state index in [-0.39, 0.29) is 0 Å². The van der Waals surface area contributed by atoms with Crippen LogP contribution in [-0.4, -0.2) is 33.9 Å². The highest BCUT2D eigenvalue weighted by molar-refractivity contribution is 5.60. The lowest BCUT2D eigenvalue weighted by Gasteiger charge is -2.21. The molecule has 0 fully saturated rings. The summed E-state index contributed by atoms with van der Waals surface area (Å²) in [6, 6.07) is 5.50. The van der Waals surface area contributed by atoms with Gasteiger partial charge in [0.2, 0.25) is 5.82 Å². The van der Waals surface area contributed by atoms with E-state index in [1.54, 1.807) is 20.5 Å². The quantitative estimate of drug-likeness (QED) is 0.716. The van der Waals surface area contributed by atoms with Gasteiger partial charge < -0.3 is 18.6 Å². The summed E-state index contributed by atoms with van der Waals surface area (Å²) in [5.41, 5.74) is 1.23. The zero-order valence-electron chi connectivity index (χ0n) is 14.4. The van der Waals surface area contributed by atoms with E-state index in [0.717, 1.165) is 11.3 Å². The van der Waals surface area contributed by atoms with Crippen molar-refractivity contribution in [3.63, 3.8) is 0 Å². The predicted octanol–water partition coefficient (Wildman–Crippen LogP) is 3.04. The summed E-state index contributed by atoms with van der Waals surface area (Å²) in [6.45, 7) is 5.94. The molecule has 2 heterocycles. The van der Waals surface area contributed by atoms with Crippen LogP contribution in [0.25, 0.3) is 11.4 Å². The second-order valence-corrected chi connectivity index (χ2v) is 5.97. The van der Waals surface area contributed by atoms with E-state index >= 15 is 0 Å². The van der Waals surface area contributed by atoms with Crippen LogP contribution in [0.2, 0.25) is 0 Å². The van der Waals surface area contributed by atoms with Crippen LogP contribution in [0.4, 0.5) is 0 Å². The van der Waals surface area contributed by atoms with Crippen LogP contribution < -0.4 is 9.47 Å². The van der Waals surface area contributed by atoms with Gasteiger partial charge in [-0.15, -0.1) is 0 Å². The third-order valence-electron chi connectivity index (χ3n) is 3.95. The Balaban J connectivity index is 1.96. The van der Waals surface area contributed by atoms with Gasteiger partial charge in [-0.05, 0) is 39.0 Å². The van der Waals surface area contributed by atoms with Crippen LogP contribution in [0.1, 0.15) is 25.4 Å². The maximum absolute atomic E-state index is 5.50. The minimum Gasteiger partial charge on any atom is -0.493 e. The number of imidazole rings is 1. The van der Waals surface area contributed by atoms with Crippen molar-refractivity contribution in [1.82, 2.24) is 19.7 Å². The molecule has 7 heteroatoms. The van der Waals surface area contributed by atoms with Crippen LogP contribution in [-0.2, 0) is 5.54 Å². The molecule has 126 valence electrons. The van der Waals surface area contributed by atoms with Crippen molar-refractivity contribution >= 4 is 0 Å². The first-order valence-electron chi connectivity index (χ1n) is 7.53. The molecule has 0 aliphatic rings. The fourth-order valence-electron chi connectivity index (χ4n) is 2.40. The van der Waals surface area contributed by atoms with Gasteiger partial charge in [0.25, 0.3) is 5.89 Å². The van der Waals surface area contributed by atoms with Gasteiger partial charge in [0.1, 0.15) is 5.54 Å². The molecule has 0 atom stereocenters. The Hall–Kier alpha value is -2.83. The van der Waals surface area contributed by atoms with Gasteiger partial charge in [0.15, 0.2) is 11.5 Å². The summed E-state index contributed by atoms with van der Waals surface area (Å²) in [5.74, 6) is 2.27. The molecule has 0 saturated carbocycles. The molecule has 0 aliphatic heterocycles. The van der Waals surface area contributed by atoms with E-state index in [4.69, 9.17) is 14.0 Å². The Morgan fingerprint density at radius 1 is 1.12 bits per heavy atom. The summed E-state index contributed by atoms with van der Waals surface area (Å²) in [5, 5.41) is 4.10. The molecule has 0 saturated heterocycles. The number of nitrogens with zero attached hydrogens (tertiary/aromatic N) is 4. The number of aryl methyl sites for hydroxylation is 1. The first-order valence-corrected chi connectivity index (χ1v) is 7.53. The second kappa shape index (κ2) is 5.99. The van der Waals surface area contributed by atoms with Crippen molar-refractivity contribution < 1.29 is 14.0 Å². The van der Waals surface area contributed by atoms with Gasteiger partial charge in [0, 0.05) is 11.8 Å². The molecule has 0 bridgehead atoms. The Morgan fingerprint density at radius 3 is 2.50 bits per heavy atom. The standard InChI is InChI=1S/C17H20N4O3/c1-11-9-21(10-18-11)17(2,3)16-19-15(20-24-16)12-6-7-13(22-4)14(8-12)23-5/h6-10H,1-5H3. The third-order valence-corrected chi connectivity index (χ3v) is 3.95. The summed E-state index contributed by atoms with van der Waals surface area (Å²) in [6.07, 6.45) is 3.70. The van der Waals surface area contributed by atoms with Crippen molar-refractivity contribution in [2.45, 2.75) is 26.3 Å². The average molecular weight is 328 g/mol. The summed E-state index contributed by atoms with van der Waals surface area (Å²) >= 11 is 0. The van der Waals surface area contributed by atoms with Gasteiger partial charge in [-0.25, -0.2) is 4.98 Å². The van der Waals surface area contributed by atoms with E-state index in [1.807, 2.05) is 49.7 Å². The number of ether oxygens (including phenoxy) is 2. The van der Waals surface area contributed by atoms with Crippen LogP contribution in [0.15, 0.2) is 35.2 Å². The molecule has 24 heavy (non-hydrogen) atoms. The molecular formula is C17H20N4O3. The lowest BCUT2D eigenvalue weighted by molar-refractivity contribution is 0.277. The molecule has 0 radical (unpaired) electrons. The molecule has 2 aromatic heterocycles. The van der Waals surface area contributed by atoms with Crippen molar-refractivity contribution in [2.24, 2.45) is 0 Å². The van der Waals surface area contributed by atoms with Crippen LogP contribution >= 0.6 is 0 Å². The average Bonchev–Trinajstić information content (AvgIpc) is 3.23. The van der Waals surface area contributed by atoms with Crippen molar-refractivity contribution in [1.29, 1.82) is 0 Å². The maximum Gasteiger partial charge on any atom is 0.252 e. The fraction of sp³-hybridized carbons (Fsp3) is 0.353. The monoisotopic (exact) mass is 328 g/mol. The molecule has 0 spiro atoms. The molecule has 0 aliphatic carbocycles. The first kappa shape index (κ1) is 16.0. The molecule has 0 N–H and O–H groups in total. The zero-order chi connectivity index (χ0) is 17.3. The molecular weight excluding hydrogens is 308 g/mol. The second-order valence-electron chi connectivity index (χ2n) is 5.97. The third kappa shape index (κ3) is 2.73. The molecule has 1 aromatic carbocycles. The number of benzene rings is 1. The summed E-state index contributed by atoms with van der Waals surface area (Å²) < 4.78 is 18.0. The molecule has 0 amide bonds.